The Bertz CT molecular complexity index is 1660. The van der Waals surface area contributed by atoms with Gasteiger partial charge in [0.2, 0.25) is 10.0 Å². The maximum atomic E-state index is 13.7. The van der Waals surface area contributed by atoms with Crippen LogP contribution in [-0.4, -0.2) is 83.1 Å². The molecule has 2 N–H and O–H groups in total. The first-order valence-corrected chi connectivity index (χ1v) is 16.6. The quantitative estimate of drug-likeness (QED) is 0.347. The summed E-state index contributed by atoms with van der Waals surface area (Å²) in [6.45, 7) is 5.23. The number of hydrogen-bond acceptors (Lipinski definition) is 8. The minimum Gasteiger partial charge on any atom is -0.497 e. The third-order valence-electron chi connectivity index (χ3n) is 7.45. The molecule has 0 radical (unpaired) electrons. The Morgan fingerprint density at radius 1 is 1.05 bits per heavy atom. The molecule has 0 unspecified atom stereocenters. The highest BCUT2D eigenvalue weighted by Gasteiger charge is 2.35. The molecule has 11 nitrogen and oxygen atoms in total. The fourth-order valence-corrected chi connectivity index (χ4v) is 6.95. The van der Waals surface area contributed by atoms with Crippen LogP contribution in [0.4, 0.5) is 5.69 Å². The molecule has 0 aliphatic carbocycles. The predicted molar refractivity (Wildman–Crippen MR) is 162 cm³/mol. The van der Waals surface area contributed by atoms with Crippen LogP contribution >= 0.6 is 0 Å². The molecular weight excluding hydrogens is 594 g/mol. The first-order chi connectivity index (χ1) is 20.3. The summed E-state index contributed by atoms with van der Waals surface area (Å²) < 4.78 is 67.9. The van der Waals surface area contributed by atoms with E-state index in [1.165, 1.54) is 65.8 Å². The number of sulfonamides is 2. The number of methoxy groups -OCH3 is 1. The van der Waals surface area contributed by atoms with Crippen LogP contribution in [0.1, 0.15) is 29.8 Å². The van der Waals surface area contributed by atoms with Crippen LogP contribution in [-0.2, 0) is 20.0 Å². The van der Waals surface area contributed by atoms with Gasteiger partial charge in [0, 0.05) is 25.2 Å². The molecule has 1 heterocycles. The summed E-state index contributed by atoms with van der Waals surface area (Å²) >= 11 is 0. The van der Waals surface area contributed by atoms with Gasteiger partial charge in [0.25, 0.3) is 15.9 Å². The van der Waals surface area contributed by atoms with Gasteiger partial charge in [-0.1, -0.05) is 24.6 Å². The lowest BCUT2D eigenvalue weighted by atomic mass is 9.99. The molecule has 1 aliphatic heterocycles. The van der Waals surface area contributed by atoms with Crippen LogP contribution in [0, 0.1) is 12.8 Å². The van der Waals surface area contributed by atoms with Gasteiger partial charge in [-0.05, 0) is 68.4 Å². The lowest BCUT2D eigenvalue weighted by Crippen LogP contribution is -2.50. The SMILES string of the molecule is COc1ccc(S(=O)(=O)N(C)C[C@@H]2Oc3ccc(NS(=O)(=O)c4ccc(C)cc4)cc3C(=O)N([C@H](C)CO)C[C@H]2C)cc1. The fourth-order valence-electron chi connectivity index (χ4n) is 4.71. The summed E-state index contributed by atoms with van der Waals surface area (Å²) in [5, 5.41) is 9.92. The molecule has 0 bridgehead atoms. The number of carbonyl (C=O) groups excluding carboxylic acids is 1. The number of benzene rings is 3. The van der Waals surface area contributed by atoms with Gasteiger partial charge in [0.15, 0.2) is 0 Å². The summed E-state index contributed by atoms with van der Waals surface area (Å²) in [7, 11) is -4.88. The predicted octanol–water partition coefficient (Wildman–Crippen LogP) is 3.35. The number of rotatable bonds is 10. The highest BCUT2D eigenvalue weighted by molar-refractivity contribution is 7.92. The number of aryl methyl sites for hydroxylation is 1. The van der Waals surface area contributed by atoms with Crippen LogP contribution in [0.25, 0.3) is 0 Å². The van der Waals surface area contributed by atoms with E-state index in [0.29, 0.717) is 5.75 Å². The Balaban J connectivity index is 1.67. The Kier molecular flexibility index (Phi) is 9.70. The zero-order chi connectivity index (χ0) is 31.5. The molecular formula is C30H37N3O8S2. The molecule has 0 saturated carbocycles. The third kappa shape index (κ3) is 7.12. The van der Waals surface area contributed by atoms with E-state index in [1.807, 2.05) is 13.8 Å². The van der Waals surface area contributed by atoms with Crippen LogP contribution < -0.4 is 14.2 Å². The first kappa shape index (κ1) is 32.3. The monoisotopic (exact) mass is 631 g/mol. The van der Waals surface area contributed by atoms with Crippen molar-refractivity contribution in [3.8, 4) is 11.5 Å². The molecule has 4 rings (SSSR count). The van der Waals surface area contributed by atoms with Gasteiger partial charge in [-0.15, -0.1) is 0 Å². The smallest absolute Gasteiger partial charge is 0.261 e. The van der Waals surface area contributed by atoms with E-state index in [-0.39, 0.29) is 52.4 Å². The van der Waals surface area contributed by atoms with Crippen molar-refractivity contribution in [1.82, 2.24) is 9.21 Å². The van der Waals surface area contributed by atoms with Crippen LogP contribution in [0.15, 0.2) is 76.5 Å². The minimum atomic E-state index is -3.94. The highest BCUT2D eigenvalue weighted by atomic mass is 32.2. The topological polar surface area (TPSA) is 143 Å². The number of anilines is 1. The fraction of sp³-hybridized carbons (Fsp3) is 0.367. The Morgan fingerprint density at radius 2 is 1.67 bits per heavy atom. The molecule has 1 amide bonds. The van der Waals surface area contributed by atoms with Gasteiger partial charge in [-0.2, -0.15) is 4.31 Å². The van der Waals surface area contributed by atoms with E-state index in [4.69, 9.17) is 9.47 Å². The molecule has 3 aromatic rings. The number of amides is 1. The average molecular weight is 632 g/mol. The Hall–Kier alpha value is -3.65. The number of nitrogens with one attached hydrogen (secondary N) is 1. The van der Waals surface area contributed by atoms with E-state index < -0.39 is 38.1 Å². The maximum Gasteiger partial charge on any atom is 0.261 e. The van der Waals surface area contributed by atoms with E-state index in [0.717, 1.165) is 5.56 Å². The summed E-state index contributed by atoms with van der Waals surface area (Å²) in [6.07, 6.45) is -0.687. The summed E-state index contributed by atoms with van der Waals surface area (Å²) in [6, 6.07) is 16.2. The van der Waals surface area contributed by atoms with Gasteiger partial charge >= 0.3 is 0 Å². The van der Waals surface area contributed by atoms with Crippen molar-refractivity contribution in [1.29, 1.82) is 0 Å². The van der Waals surface area contributed by atoms with E-state index in [9.17, 15) is 26.7 Å². The molecule has 0 spiro atoms. The first-order valence-electron chi connectivity index (χ1n) is 13.7. The molecule has 3 aromatic carbocycles. The Labute approximate surface area is 253 Å². The van der Waals surface area contributed by atoms with Crippen molar-refractivity contribution in [3.05, 3.63) is 77.9 Å². The average Bonchev–Trinajstić information content (AvgIpc) is 2.98. The number of fused-ring (bicyclic) bond motifs is 1. The maximum absolute atomic E-state index is 13.7. The van der Waals surface area contributed by atoms with E-state index in [1.54, 1.807) is 31.2 Å². The molecule has 232 valence electrons. The minimum absolute atomic E-state index is 0.0354. The number of ether oxygens (including phenoxy) is 2. The zero-order valence-electron chi connectivity index (χ0n) is 24.7. The molecule has 0 fully saturated rings. The van der Waals surface area contributed by atoms with Gasteiger partial charge in [-0.25, -0.2) is 16.8 Å². The van der Waals surface area contributed by atoms with Crippen LogP contribution in [0.3, 0.4) is 0 Å². The second-order valence-electron chi connectivity index (χ2n) is 10.7. The van der Waals surface area contributed by atoms with E-state index >= 15 is 0 Å². The normalized spacial score (nSPS) is 18.3. The summed E-state index contributed by atoms with van der Waals surface area (Å²) in [5.41, 5.74) is 1.14. The van der Waals surface area contributed by atoms with Gasteiger partial charge < -0.3 is 19.5 Å². The summed E-state index contributed by atoms with van der Waals surface area (Å²) in [4.78, 5) is 15.4. The summed E-state index contributed by atoms with van der Waals surface area (Å²) in [5.74, 6) is -0.0829. The van der Waals surface area contributed by atoms with E-state index in [2.05, 4.69) is 4.72 Å². The lowest BCUT2D eigenvalue weighted by molar-refractivity contribution is 0.0387. The molecule has 0 aromatic heterocycles. The number of likely N-dealkylation sites (N-methyl/N-ethyl adjacent to an activating group) is 1. The number of carbonyl (C=O) groups is 1. The largest absolute Gasteiger partial charge is 0.497 e. The van der Waals surface area contributed by atoms with Crippen molar-refractivity contribution in [3.63, 3.8) is 0 Å². The highest BCUT2D eigenvalue weighted by Crippen LogP contribution is 2.32. The van der Waals surface area contributed by atoms with Crippen molar-refractivity contribution < 1.29 is 36.2 Å². The molecule has 13 heteroatoms. The van der Waals surface area contributed by atoms with Gasteiger partial charge in [0.05, 0.1) is 41.7 Å². The number of nitrogens with zero attached hydrogens (tertiary/aromatic N) is 2. The standard InChI is InChI=1S/C30H37N3O8S2/c1-20-6-11-25(12-7-20)42(36,37)31-23-8-15-28-27(16-23)30(35)33(22(3)19-34)17-21(2)29(41-28)18-32(4)43(38,39)26-13-9-24(40-5)10-14-26/h6-16,21-22,29,31,34H,17-19H2,1-5H3/t21-,22-,29+/m1/s1. The van der Waals surface area contributed by atoms with Crippen molar-refractivity contribution >= 4 is 31.6 Å². The molecule has 3 atom stereocenters. The second-order valence-corrected chi connectivity index (χ2v) is 14.4. The lowest BCUT2D eigenvalue weighted by Gasteiger charge is -2.38. The Morgan fingerprint density at radius 3 is 2.28 bits per heavy atom. The third-order valence-corrected chi connectivity index (χ3v) is 10.7. The van der Waals surface area contributed by atoms with Crippen LogP contribution in [0.5, 0.6) is 11.5 Å². The van der Waals surface area contributed by atoms with Crippen molar-refractivity contribution in [2.75, 3.05) is 38.6 Å². The van der Waals surface area contributed by atoms with Gasteiger partial charge in [0.1, 0.15) is 17.6 Å². The van der Waals surface area contributed by atoms with Crippen molar-refractivity contribution in [2.45, 2.75) is 42.7 Å². The number of aliphatic hydroxyl groups is 1. The van der Waals surface area contributed by atoms with Gasteiger partial charge in [-0.3, -0.25) is 9.52 Å². The molecule has 0 saturated heterocycles. The molecule has 1 aliphatic rings. The molecule has 43 heavy (non-hydrogen) atoms. The van der Waals surface area contributed by atoms with Crippen molar-refractivity contribution in [2.24, 2.45) is 5.92 Å². The van der Waals surface area contributed by atoms with Crippen LogP contribution in [0.2, 0.25) is 0 Å². The second kappa shape index (κ2) is 12.9. The zero-order valence-corrected chi connectivity index (χ0v) is 26.4. The number of hydrogen-bond donors (Lipinski definition) is 2. The number of aliphatic hydroxyl groups excluding tert-OH is 1.